The van der Waals surface area contributed by atoms with E-state index in [0.29, 0.717) is 16.3 Å². The Morgan fingerprint density at radius 2 is 2.00 bits per heavy atom. The molecule has 0 spiro atoms. The predicted octanol–water partition coefficient (Wildman–Crippen LogP) is 3.77. The number of fused-ring (bicyclic) bond motifs is 1. The number of carbonyl (C=O) groups is 1. The minimum Gasteiger partial charge on any atom is -0.395 e. The van der Waals surface area contributed by atoms with Crippen LogP contribution in [0.4, 0.5) is 10.5 Å². The summed E-state index contributed by atoms with van der Waals surface area (Å²) in [6, 6.07) is 14.1. The number of hydrogen-bond acceptors (Lipinski definition) is 3. The maximum atomic E-state index is 12.7. The highest BCUT2D eigenvalue weighted by molar-refractivity contribution is 6.33. The number of hydrogen-bond donors (Lipinski definition) is 3. The van der Waals surface area contributed by atoms with Gasteiger partial charge in [0.15, 0.2) is 0 Å². The van der Waals surface area contributed by atoms with Crippen LogP contribution in [-0.4, -0.2) is 34.2 Å². The van der Waals surface area contributed by atoms with Crippen LogP contribution in [0.3, 0.4) is 0 Å². The van der Waals surface area contributed by atoms with Crippen molar-refractivity contribution in [3.8, 4) is 0 Å². The lowest BCUT2D eigenvalue weighted by Gasteiger charge is -2.22. The third-order valence-electron chi connectivity index (χ3n) is 4.53. The molecule has 6 nitrogen and oxygen atoms in total. The number of H-pyrrole nitrogens is 1. The molecule has 0 aliphatic heterocycles. The summed E-state index contributed by atoms with van der Waals surface area (Å²) >= 11 is 6.09. The second kappa shape index (κ2) is 8.91. The molecule has 146 valence electrons. The number of amides is 2. The molecule has 3 N–H and O–H groups in total. The molecule has 1 aromatic heterocycles. The third kappa shape index (κ3) is 4.52. The number of aliphatic hydroxyl groups excluding tert-OH is 1. The number of para-hydroxylation sites is 1. The first-order chi connectivity index (χ1) is 13.5. The first-order valence-corrected chi connectivity index (χ1v) is 9.45. The van der Waals surface area contributed by atoms with Crippen LogP contribution in [0.2, 0.25) is 5.02 Å². The Labute approximate surface area is 167 Å². The van der Waals surface area contributed by atoms with Crippen molar-refractivity contribution in [2.75, 3.05) is 18.5 Å². The fourth-order valence-corrected chi connectivity index (χ4v) is 3.16. The molecule has 0 aliphatic rings. The lowest BCUT2D eigenvalue weighted by atomic mass is 10.1. The second-order valence-electron chi connectivity index (χ2n) is 6.45. The van der Waals surface area contributed by atoms with E-state index in [-0.39, 0.29) is 25.3 Å². The molecular formula is C21H22ClN3O3. The van der Waals surface area contributed by atoms with E-state index in [1.54, 1.807) is 30.3 Å². The van der Waals surface area contributed by atoms with Crippen LogP contribution in [0.5, 0.6) is 0 Å². The van der Waals surface area contributed by atoms with Crippen molar-refractivity contribution in [3.05, 3.63) is 75.0 Å². The smallest absolute Gasteiger partial charge is 0.322 e. The molecule has 0 radical (unpaired) electrons. The lowest BCUT2D eigenvalue weighted by Crippen LogP contribution is -2.38. The van der Waals surface area contributed by atoms with Crippen molar-refractivity contribution in [1.82, 2.24) is 9.88 Å². The van der Waals surface area contributed by atoms with Crippen molar-refractivity contribution >= 4 is 34.2 Å². The van der Waals surface area contributed by atoms with Gasteiger partial charge in [0.05, 0.1) is 23.9 Å². The number of aryl methyl sites for hydroxylation is 1. The van der Waals surface area contributed by atoms with E-state index in [1.807, 2.05) is 18.2 Å². The number of pyridine rings is 1. The monoisotopic (exact) mass is 399 g/mol. The third-order valence-corrected chi connectivity index (χ3v) is 4.86. The van der Waals surface area contributed by atoms with Gasteiger partial charge in [0.25, 0.3) is 5.56 Å². The van der Waals surface area contributed by atoms with Crippen molar-refractivity contribution in [1.29, 1.82) is 0 Å². The minimum absolute atomic E-state index is 0.0679. The van der Waals surface area contributed by atoms with Crippen LogP contribution in [-0.2, 0) is 13.0 Å². The number of urea groups is 1. The predicted molar refractivity (Wildman–Crippen MR) is 112 cm³/mol. The molecule has 0 atom stereocenters. The van der Waals surface area contributed by atoms with Gasteiger partial charge in [-0.25, -0.2) is 4.79 Å². The highest BCUT2D eigenvalue weighted by Gasteiger charge is 2.17. The molecule has 28 heavy (non-hydrogen) atoms. The van der Waals surface area contributed by atoms with Gasteiger partial charge in [-0.05, 0) is 47.7 Å². The number of aromatic amines is 1. The van der Waals surface area contributed by atoms with Gasteiger partial charge in [-0.15, -0.1) is 0 Å². The Bertz CT molecular complexity index is 1050. The molecule has 2 aromatic carbocycles. The topological polar surface area (TPSA) is 85.4 Å². The normalized spacial score (nSPS) is 10.8. The Morgan fingerprint density at radius 1 is 1.21 bits per heavy atom. The van der Waals surface area contributed by atoms with Crippen LogP contribution in [0, 0.1) is 0 Å². The molecule has 3 rings (SSSR count). The summed E-state index contributed by atoms with van der Waals surface area (Å²) in [5, 5.41) is 13.4. The Balaban J connectivity index is 1.87. The van der Waals surface area contributed by atoms with Gasteiger partial charge in [0.2, 0.25) is 0 Å². The highest BCUT2D eigenvalue weighted by atomic mass is 35.5. The summed E-state index contributed by atoms with van der Waals surface area (Å²) < 4.78 is 0. The molecule has 2 amide bonds. The van der Waals surface area contributed by atoms with Crippen LogP contribution in [0.15, 0.2) is 53.3 Å². The highest BCUT2D eigenvalue weighted by Crippen LogP contribution is 2.21. The molecule has 0 unspecified atom stereocenters. The molecule has 0 saturated heterocycles. The molecule has 0 saturated carbocycles. The van der Waals surface area contributed by atoms with Crippen LogP contribution < -0.4 is 10.9 Å². The maximum absolute atomic E-state index is 12.7. The average molecular weight is 400 g/mol. The van der Waals surface area contributed by atoms with Crippen LogP contribution in [0.25, 0.3) is 10.9 Å². The second-order valence-corrected chi connectivity index (χ2v) is 6.86. The van der Waals surface area contributed by atoms with E-state index < -0.39 is 6.03 Å². The number of aromatic nitrogens is 1. The molecule has 3 aromatic rings. The first kappa shape index (κ1) is 19.9. The zero-order chi connectivity index (χ0) is 20.1. The first-order valence-electron chi connectivity index (χ1n) is 9.08. The van der Waals surface area contributed by atoms with Gasteiger partial charge < -0.3 is 20.3 Å². The molecular weight excluding hydrogens is 378 g/mol. The quantitative estimate of drug-likeness (QED) is 0.589. The maximum Gasteiger partial charge on any atom is 0.322 e. The number of nitrogens with zero attached hydrogens (tertiary/aromatic N) is 1. The molecule has 0 fully saturated rings. The Kier molecular flexibility index (Phi) is 6.34. The van der Waals surface area contributed by atoms with E-state index in [1.165, 1.54) is 4.90 Å². The standard InChI is InChI=1S/C21H22ClN3O3/c1-2-14-7-8-18-15(11-14)12-16(20(27)23-18)13-25(9-10-26)21(28)24-19-6-4-3-5-17(19)22/h3-8,11-12,26H,2,9-10,13H2,1H3,(H,23,27)(H,24,28). The molecule has 0 bridgehead atoms. The number of rotatable bonds is 6. The number of nitrogens with one attached hydrogen (secondary N) is 2. The van der Waals surface area contributed by atoms with E-state index in [2.05, 4.69) is 17.2 Å². The van der Waals surface area contributed by atoms with Crippen LogP contribution in [0.1, 0.15) is 18.1 Å². The summed E-state index contributed by atoms with van der Waals surface area (Å²) in [5.41, 5.74) is 2.57. The number of carbonyl (C=O) groups excluding carboxylic acids is 1. The van der Waals surface area contributed by atoms with Crippen molar-refractivity contribution in [2.24, 2.45) is 0 Å². The van der Waals surface area contributed by atoms with Gasteiger partial charge in [-0.2, -0.15) is 0 Å². The number of aliphatic hydroxyl groups is 1. The fraction of sp³-hybridized carbons (Fsp3) is 0.238. The zero-order valence-electron chi connectivity index (χ0n) is 15.5. The van der Waals surface area contributed by atoms with Gasteiger partial charge >= 0.3 is 6.03 Å². The largest absolute Gasteiger partial charge is 0.395 e. The van der Waals surface area contributed by atoms with E-state index >= 15 is 0 Å². The van der Waals surface area contributed by atoms with Crippen molar-refractivity contribution < 1.29 is 9.90 Å². The van der Waals surface area contributed by atoms with Crippen molar-refractivity contribution in [3.63, 3.8) is 0 Å². The molecule has 7 heteroatoms. The van der Waals surface area contributed by atoms with Crippen LogP contribution >= 0.6 is 11.6 Å². The van der Waals surface area contributed by atoms with Gasteiger partial charge in [-0.3, -0.25) is 4.79 Å². The Morgan fingerprint density at radius 3 is 2.71 bits per heavy atom. The zero-order valence-corrected chi connectivity index (χ0v) is 16.3. The van der Waals surface area contributed by atoms with Gasteiger partial charge in [0.1, 0.15) is 0 Å². The summed E-state index contributed by atoms with van der Waals surface area (Å²) in [5.74, 6) is 0. The Hall–Kier alpha value is -2.83. The minimum atomic E-state index is -0.441. The SMILES string of the molecule is CCc1ccc2[nH]c(=O)c(CN(CCO)C(=O)Nc3ccccc3Cl)cc2c1. The van der Waals surface area contributed by atoms with Crippen molar-refractivity contribution in [2.45, 2.75) is 19.9 Å². The molecule has 1 heterocycles. The van der Waals surface area contributed by atoms with Gasteiger partial charge in [-0.1, -0.05) is 36.7 Å². The number of anilines is 1. The van der Waals surface area contributed by atoms with E-state index in [4.69, 9.17) is 11.6 Å². The molecule has 0 aliphatic carbocycles. The van der Waals surface area contributed by atoms with Gasteiger partial charge in [0, 0.05) is 17.6 Å². The average Bonchev–Trinajstić information content (AvgIpc) is 2.69. The lowest BCUT2D eigenvalue weighted by molar-refractivity contribution is 0.185. The summed E-state index contributed by atoms with van der Waals surface area (Å²) in [6.45, 7) is 2.00. The van der Waals surface area contributed by atoms with E-state index in [0.717, 1.165) is 22.9 Å². The number of halogens is 1. The fourth-order valence-electron chi connectivity index (χ4n) is 2.97. The summed E-state index contributed by atoms with van der Waals surface area (Å²) in [6.07, 6.45) is 0.890. The summed E-state index contributed by atoms with van der Waals surface area (Å²) in [4.78, 5) is 29.4. The summed E-state index contributed by atoms with van der Waals surface area (Å²) in [7, 11) is 0. The van der Waals surface area contributed by atoms with E-state index in [9.17, 15) is 14.7 Å². The number of benzene rings is 2.